The van der Waals surface area contributed by atoms with Gasteiger partial charge in [-0.2, -0.15) is 0 Å². The van der Waals surface area contributed by atoms with Crippen molar-refractivity contribution in [1.82, 2.24) is 9.97 Å². The summed E-state index contributed by atoms with van der Waals surface area (Å²) in [5.74, 6) is 0.742. The third kappa shape index (κ3) is 0.940. The standard InChI is InChI=1S/C8H7ClN2O/c1-12-6-2-3-10-8-7(6)5(9)4-11-8/h2-4H,1H3,(H,10,11). The van der Waals surface area contributed by atoms with E-state index < -0.39 is 0 Å². The van der Waals surface area contributed by atoms with Gasteiger partial charge in [0.25, 0.3) is 0 Å². The molecule has 62 valence electrons. The molecule has 2 aromatic rings. The number of pyridine rings is 1. The summed E-state index contributed by atoms with van der Waals surface area (Å²) in [6.45, 7) is 0. The first-order valence-electron chi connectivity index (χ1n) is 3.48. The second kappa shape index (κ2) is 2.68. The number of rotatable bonds is 1. The van der Waals surface area contributed by atoms with Gasteiger partial charge in [0.15, 0.2) is 0 Å². The number of methoxy groups -OCH3 is 1. The van der Waals surface area contributed by atoms with E-state index in [4.69, 9.17) is 16.3 Å². The van der Waals surface area contributed by atoms with Crippen molar-refractivity contribution in [3.63, 3.8) is 0 Å². The number of halogens is 1. The molecule has 0 amide bonds. The molecule has 2 rings (SSSR count). The summed E-state index contributed by atoms with van der Waals surface area (Å²) in [6, 6.07) is 1.78. The van der Waals surface area contributed by atoms with E-state index in [9.17, 15) is 0 Å². The normalized spacial score (nSPS) is 10.5. The SMILES string of the molecule is COc1ccnc2[nH]cc(Cl)c12. The van der Waals surface area contributed by atoms with Crippen molar-refractivity contribution in [2.75, 3.05) is 7.11 Å². The van der Waals surface area contributed by atoms with Crippen LogP contribution < -0.4 is 4.74 Å². The molecule has 1 N–H and O–H groups in total. The van der Waals surface area contributed by atoms with Crippen molar-refractivity contribution < 1.29 is 4.74 Å². The number of fused-ring (bicyclic) bond motifs is 1. The maximum absolute atomic E-state index is 5.91. The zero-order valence-corrected chi connectivity index (χ0v) is 7.22. The minimum Gasteiger partial charge on any atom is -0.496 e. The first-order valence-corrected chi connectivity index (χ1v) is 3.86. The Labute approximate surface area is 74.3 Å². The van der Waals surface area contributed by atoms with Crippen LogP contribution in [0.4, 0.5) is 0 Å². The van der Waals surface area contributed by atoms with Gasteiger partial charge < -0.3 is 9.72 Å². The average molecular weight is 183 g/mol. The summed E-state index contributed by atoms with van der Waals surface area (Å²) >= 11 is 5.91. The van der Waals surface area contributed by atoms with Gasteiger partial charge in [0.05, 0.1) is 17.5 Å². The van der Waals surface area contributed by atoms with Crippen LogP contribution in [0.2, 0.25) is 5.02 Å². The lowest BCUT2D eigenvalue weighted by molar-refractivity contribution is 0.419. The van der Waals surface area contributed by atoms with Gasteiger partial charge in [-0.25, -0.2) is 4.98 Å². The number of aromatic amines is 1. The summed E-state index contributed by atoms with van der Waals surface area (Å²) < 4.78 is 5.12. The molecule has 0 unspecified atom stereocenters. The number of nitrogens with zero attached hydrogens (tertiary/aromatic N) is 1. The molecule has 0 saturated carbocycles. The Kier molecular flexibility index (Phi) is 1.66. The molecule has 0 aliphatic carbocycles. The van der Waals surface area contributed by atoms with Gasteiger partial charge in [-0.3, -0.25) is 0 Å². The Morgan fingerprint density at radius 1 is 1.58 bits per heavy atom. The van der Waals surface area contributed by atoms with E-state index in [0.29, 0.717) is 5.02 Å². The van der Waals surface area contributed by atoms with Crippen molar-refractivity contribution in [2.45, 2.75) is 0 Å². The Morgan fingerprint density at radius 2 is 2.42 bits per heavy atom. The maximum atomic E-state index is 5.91. The van der Waals surface area contributed by atoms with Crippen LogP contribution >= 0.6 is 11.6 Å². The van der Waals surface area contributed by atoms with E-state index in [1.165, 1.54) is 0 Å². The lowest BCUT2D eigenvalue weighted by atomic mass is 10.3. The number of ether oxygens (including phenoxy) is 1. The monoisotopic (exact) mass is 182 g/mol. The molecule has 4 heteroatoms. The highest BCUT2D eigenvalue weighted by Crippen LogP contribution is 2.29. The van der Waals surface area contributed by atoms with Gasteiger partial charge in [-0.15, -0.1) is 0 Å². The van der Waals surface area contributed by atoms with E-state index in [1.807, 2.05) is 0 Å². The van der Waals surface area contributed by atoms with Gasteiger partial charge in [0, 0.05) is 12.4 Å². The van der Waals surface area contributed by atoms with E-state index in [2.05, 4.69) is 9.97 Å². The fraction of sp³-hybridized carbons (Fsp3) is 0.125. The Balaban J connectivity index is 2.84. The molecule has 0 radical (unpaired) electrons. The predicted octanol–water partition coefficient (Wildman–Crippen LogP) is 2.22. The molecule has 0 saturated heterocycles. The molecule has 2 heterocycles. The highest BCUT2D eigenvalue weighted by molar-refractivity contribution is 6.35. The fourth-order valence-electron chi connectivity index (χ4n) is 1.16. The molecule has 3 nitrogen and oxygen atoms in total. The molecule has 0 atom stereocenters. The highest BCUT2D eigenvalue weighted by atomic mass is 35.5. The van der Waals surface area contributed by atoms with Crippen molar-refractivity contribution in [3.8, 4) is 5.75 Å². The fourth-order valence-corrected chi connectivity index (χ4v) is 1.40. The molecular weight excluding hydrogens is 176 g/mol. The molecule has 0 aliphatic rings. The van der Waals surface area contributed by atoms with Gasteiger partial charge >= 0.3 is 0 Å². The Hall–Kier alpha value is -1.22. The number of hydrogen-bond donors (Lipinski definition) is 1. The molecule has 0 fully saturated rings. The summed E-state index contributed by atoms with van der Waals surface area (Å²) in [7, 11) is 1.61. The summed E-state index contributed by atoms with van der Waals surface area (Å²) in [5, 5.41) is 1.47. The van der Waals surface area contributed by atoms with Crippen molar-refractivity contribution in [3.05, 3.63) is 23.5 Å². The van der Waals surface area contributed by atoms with Crippen LogP contribution in [0, 0.1) is 0 Å². The molecule has 12 heavy (non-hydrogen) atoms. The van der Waals surface area contributed by atoms with Gasteiger partial charge in [0.1, 0.15) is 11.4 Å². The molecule has 0 aromatic carbocycles. The zero-order valence-electron chi connectivity index (χ0n) is 6.47. The van der Waals surface area contributed by atoms with E-state index in [0.717, 1.165) is 16.8 Å². The Morgan fingerprint density at radius 3 is 3.17 bits per heavy atom. The third-order valence-corrected chi connectivity index (χ3v) is 2.01. The number of H-pyrrole nitrogens is 1. The molecular formula is C8H7ClN2O. The molecule has 2 aromatic heterocycles. The van der Waals surface area contributed by atoms with Gasteiger partial charge in [0.2, 0.25) is 0 Å². The van der Waals surface area contributed by atoms with Crippen molar-refractivity contribution in [1.29, 1.82) is 0 Å². The largest absolute Gasteiger partial charge is 0.496 e. The predicted molar refractivity (Wildman–Crippen MR) is 47.7 cm³/mol. The lowest BCUT2D eigenvalue weighted by Crippen LogP contribution is -1.84. The van der Waals surface area contributed by atoms with E-state index in [1.54, 1.807) is 25.6 Å². The van der Waals surface area contributed by atoms with E-state index >= 15 is 0 Å². The maximum Gasteiger partial charge on any atom is 0.142 e. The summed E-state index contributed by atoms with van der Waals surface area (Å²) in [5.41, 5.74) is 0.749. The number of aromatic nitrogens is 2. The van der Waals surface area contributed by atoms with Gasteiger partial charge in [-0.1, -0.05) is 11.6 Å². The number of hydrogen-bond acceptors (Lipinski definition) is 2. The topological polar surface area (TPSA) is 37.9 Å². The van der Waals surface area contributed by atoms with E-state index in [-0.39, 0.29) is 0 Å². The summed E-state index contributed by atoms with van der Waals surface area (Å²) in [4.78, 5) is 7.03. The second-order valence-corrected chi connectivity index (χ2v) is 2.78. The van der Waals surface area contributed by atoms with Crippen LogP contribution in [0.5, 0.6) is 5.75 Å². The summed E-state index contributed by atoms with van der Waals surface area (Å²) in [6.07, 6.45) is 3.37. The van der Waals surface area contributed by atoms with Crippen LogP contribution in [-0.2, 0) is 0 Å². The number of nitrogens with one attached hydrogen (secondary N) is 1. The lowest BCUT2D eigenvalue weighted by Gasteiger charge is -1.99. The van der Waals surface area contributed by atoms with Gasteiger partial charge in [-0.05, 0) is 6.07 Å². The molecule has 0 aliphatic heterocycles. The van der Waals surface area contributed by atoms with Crippen molar-refractivity contribution in [2.24, 2.45) is 0 Å². The van der Waals surface area contributed by atoms with Crippen LogP contribution in [0.3, 0.4) is 0 Å². The van der Waals surface area contributed by atoms with Crippen LogP contribution in [-0.4, -0.2) is 17.1 Å². The molecule has 0 spiro atoms. The van der Waals surface area contributed by atoms with Crippen LogP contribution in [0.25, 0.3) is 11.0 Å². The smallest absolute Gasteiger partial charge is 0.142 e. The zero-order chi connectivity index (χ0) is 8.55. The Bertz CT molecular complexity index is 410. The van der Waals surface area contributed by atoms with Crippen LogP contribution in [0.15, 0.2) is 18.5 Å². The highest BCUT2D eigenvalue weighted by Gasteiger charge is 2.06. The third-order valence-electron chi connectivity index (χ3n) is 1.71. The minimum absolute atomic E-state index is 0.634. The first kappa shape index (κ1) is 7.43. The van der Waals surface area contributed by atoms with Crippen LogP contribution in [0.1, 0.15) is 0 Å². The van der Waals surface area contributed by atoms with Crippen molar-refractivity contribution >= 4 is 22.6 Å². The minimum atomic E-state index is 0.634. The average Bonchev–Trinajstić information content (AvgIpc) is 2.48. The second-order valence-electron chi connectivity index (χ2n) is 2.37. The quantitative estimate of drug-likeness (QED) is 0.735. The molecule has 0 bridgehead atoms. The first-order chi connectivity index (χ1) is 5.83.